The zero-order valence-corrected chi connectivity index (χ0v) is 15.1. The molecule has 2 heterocycles. The van der Waals surface area contributed by atoms with Crippen molar-refractivity contribution in [2.24, 2.45) is 0 Å². The van der Waals surface area contributed by atoms with E-state index >= 15 is 0 Å². The molecular weight excluding hydrogens is 346 g/mol. The van der Waals surface area contributed by atoms with Gasteiger partial charge in [-0.3, -0.25) is 9.78 Å². The van der Waals surface area contributed by atoms with Crippen LogP contribution >= 0.6 is 11.6 Å². The van der Waals surface area contributed by atoms with Crippen molar-refractivity contribution in [3.05, 3.63) is 94.3 Å². The maximum absolute atomic E-state index is 12.9. The average molecular weight is 364 g/mol. The minimum absolute atomic E-state index is 0.0207. The summed E-state index contributed by atoms with van der Waals surface area (Å²) in [4.78, 5) is 19.2. The molecule has 1 aromatic heterocycles. The van der Waals surface area contributed by atoms with Crippen molar-refractivity contribution in [3.8, 4) is 0 Å². The highest BCUT2D eigenvalue weighted by Crippen LogP contribution is 2.34. The second-order valence-corrected chi connectivity index (χ2v) is 6.77. The van der Waals surface area contributed by atoms with Gasteiger partial charge in [-0.15, -0.1) is 0 Å². The molecule has 130 valence electrons. The van der Waals surface area contributed by atoms with E-state index in [0.717, 1.165) is 22.5 Å². The average Bonchev–Trinajstić information content (AvgIpc) is 2.92. The van der Waals surface area contributed by atoms with Crippen molar-refractivity contribution in [1.29, 1.82) is 0 Å². The van der Waals surface area contributed by atoms with Crippen LogP contribution in [-0.2, 0) is 6.54 Å². The van der Waals surface area contributed by atoms with E-state index in [4.69, 9.17) is 11.6 Å². The number of carbonyl (C=O) groups excluding carboxylic acids is 1. The van der Waals surface area contributed by atoms with Crippen LogP contribution in [0.25, 0.3) is 0 Å². The van der Waals surface area contributed by atoms with Crippen LogP contribution in [0.15, 0.2) is 66.9 Å². The third-order valence-corrected chi connectivity index (χ3v) is 4.98. The van der Waals surface area contributed by atoms with Gasteiger partial charge in [0.1, 0.15) is 6.17 Å². The summed E-state index contributed by atoms with van der Waals surface area (Å²) in [6.07, 6.45) is 1.38. The highest BCUT2D eigenvalue weighted by molar-refractivity contribution is 6.31. The predicted molar refractivity (Wildman–Crippen MR) is 103 cm³/mol. The molecule has 4 nitrogen and oxygen atoms in total. The van der Waals surface area contributed by atoms with Gasteiger partial charge < -0.3 is 10.2 Å². The maximum atomic E-state index is 12.9. The van der Waals surface area contributed by atoms with Gasteiger partial charge in [0.15, 0.2) is 0 Å². The number of fused-ring (bicyclic) bond motifs is 1. The summed E-state index contributed by atoms with van der Waals surface area (Å²) in [5.74, 6) is -0.0207. The number of rotatable bonds is 4. The van der Waals surface area contributed by atoms with Crippen molar-refractivity contribution in [2.45, 2.75) is 19.6 Å². The SMILES string of the molecule is Cc1ccc(N[C@H]2c3ncccc3C(=O)N2Cc2ccccc2)cc1Cl. The molecule has 1 atom stereocenters. The van der Waals surface area contributed by atoms with Gasteiger partial charge in [0.05, 0.1) is 11.3 Å². The van der Waals surface area contributed by atoms with E-state index in [1.54, 1.807) is 17.2 Å². The molecule has 4 rings (SSSR count). The van der Waals surface area contributed by atoms with Crippen LogP contribution in [-0.4, -0.2) is 15.8 Å². The van der Waals surface area contributed by atoms with Gasteiger partial charge in [-0.05, 0) is 42.3 Å². The first-order valence-electron chi connectivity index (χ1n) is 8.46. The minimum Gasteiger partial charge on any atom is -0.360 e. The Morgan fingerprint density at radius 1 is 1.12 bits per heavy atom. The minimum atomic E-state index is -0.335. The van der Waals surface area contributed by atoms with Gasteiger partial charge >= 0.3 is 0 Å². The molecular formula is C21H18ClN3O. The van der Waals surface area contributed by atoms with Crippen molar-refractivity contribution in [3.63, 3.8) is 0 Å². The summed E-state index contributed by atoms with van der Waals surface area (Å²) in [5, 5.41) is 4.11. The first-order valence-corrected chi connectivity index (χ1v) is 8.84. The number of amides is 1. The molecule has 26 heavy (non-hydrogen) atoms. The lowest BCUT2D eigenvalue weighted by Gasteiger charge is -2.26. The molecule has 0 fully saturated rings. The number of aryl methyl sites for hydroxylation is 1. The Bertz CT molecular complexity index is 958. The Labute approximate surface area is 157 Å². The second kappa shape index (κ2) is 6.81. The maximum Gasteiger partial charge on any atom is 0.258 e. The smallest absolute Gasteiger partial charge is 0.258 e. The Morgan fingerprint density at radius 3 is 2.69 bits per heavy atom. The van der Waals surface area contributed by atoms with Gasteiger partial charge in [0.2, 0.25) is 0 Å². The van der Waals surface area contributed by atoms with Crippen molar-refractivity contribution in [1.82, 2.24) is 9.88 Å². The summed E-state index contributed by atoms with van der Waals surface area (Å²) >= 11 is 6.26. The largest absolute Gasteiger partial charge is 0.360 e. The molecule has 2 aromatic carbocycles. The van der Waals surface area contributed by atoms with Crippen LogP contribution in [0.4, 0.5) is 5.69 Å². The number of benzene rings is 2. The van der Waals surface area contributed by atoms with Crippen molar-refractivity contribution >= 4 is 23.2 Å². The van der Waals surface area contributed by atoms with Crippen LogP contribution in [0.5, 0.6) is 0 Å². The van der Waals surface area contributed by atoms with Crippen LogP contribution in [0.1, 0.15) is 33.3 Å². The normalized spacial score (nSPS) is 15.8. The first kappa shape index (κ1) is 16.6. The second-order valence-electron chi connectivity index (χ2n) is 6.37. The monoisotopic (exact) mass is 363 g/mol. The summed E-state index contributed by atoms with van der Waals surface area (Å²) in [6.45, 7) is 2.47. The number of halogens is 1. The predicted octanol–water partition coefficient (Wildman–Crippen LogP) is 4.81. The molecule has 1 N–H and O–H groups in total. The molecule has 0 saturated carbocycles. The molecule has 0 aliphatic carbocycles. The number of hydrogen-bond acceptors (Lipinski definition) is 3. The fraction of sp³-hybridized carbons (Fsp3) is 0.143. The topological polar surface area (TPSA) is 45.2 Å². The van der Waals surface area contributed by atoms with E-state index in [9.17, 15) is 4.79 Å². The summed E-state index contributed by atoms with van der Waals surface area (Å²) in [7, 11) is 0. The molecule has 1 aliphatic heterocycles. The summed E-state index contributed by atoms with van der Waals surface area (Å²) < 4.78 is 0. The quantitative estimate of drug-likeness (QED) is 0.723. The Hall–Kier alpha value is -2.85. The molecule has 3 aromatic rings. The third-order valence-electron chi connectivity index (χ3n) is 4.57. The zero-order chi connectivity index (χ0) is 18.1. The molecule has 1 aliphatic rings. The fourth-order valence-electron chi connectivity index (χ4n) is 3.17. The molecule has 5 heteroatoms. The zero-order valence-electron chi connectivity index (χ0n) is 14.3. The molecule has 0 bridgehead atoms. The highest BCUT2D eigenvalue weighted by atomic mass is 35.5. The molecule has 1 amide bonds. The number of nitrogens with one attached hydrogen (secondary N) is 1. The summed E-state index contributed by atoms with van der Waals surface area (Å²) in [5.41, 5.74) is 4.32. The van der Waals surface area contributed by atoms with Crippen molar-refractivity contribution in [2.75, 3.05) is 5.32 Å². The van der Waals surface area contributed by atoms with Crippen molar-refractivity contribution < 1.29 is 4.79 Å². The van der Waals surface area contributed by atoms with Gasteiger partial charge in [0.25, 0.3) is 5.91 Å². The van der Waals surface area contributed by atoms with Crippen LogP contribution in [0.3, 0.4) is 0 Å². The van der Waals surface area contributed by atoms with Crippen LogP contribution in [0, 0.1) is 6.92 Å². The van der Waals surface area contributed by atoms with Gasteiger partial charge in [-0.1, -0.05) is 48.0 Å². The van der Waals surface area contributed by atoms with Gasteiger partial charge in [-0.25, -0.2) is 0 Å². The van der Waals surface area contributed by atoms with E-state index in [2.05, 4.69) is 10.3 Å². The first-order chi connectivity index (χ1) is 12.6. The van der Waals surface area contributed by atoms with E-state index in [0.29, 0.717) is 17.1 Å². The van der Waals surface area contributed by atoms with E-state index in [1.807, 2.05) is 61.5 Å². The number of carbonyl (C=O) groups is 1. The Morgan fingerprint density at radius 2 is 1.92 bits per heavy atom. The third kappa shape index (κ3) is 3.04. The highest BCUT2D eigenvalue weighted by Gasteiger charge is 2.37. The molecule has 0 spiro atoms. The fourth-order valence-corrected chi connectivity index (χ4v) is 3.35. The number of nitrogens with zero attached hydrogens (tertiary/aromatic N) is 2. The standard InChI is InChI=1S/C21H18ClN3O/c1-14-9-10-16(12-18(14)22)24-20-19-17(8-5-11-23-19)21(26)25(20)13-15-6-3-2-4-7-15/h2-12,20,24H,13H2,1H3/t20-/m1/s1. The van der Waals surface area contributed by atoms with E-state index < -0.39 is 0 Å². The lowest BCUT2D eigenvalue weighted by molar-refractivity contribution is 0.0728. The number of pyridine rings is 1. The lowest BCUT2D eigenvalue weighted by Crippen LogP contribution is -2.32. The van der Waals surface area contributed by atoms with E-state index in [1.165, 1.54) is 0 Å². The Kier molecular flexibility index (Phi) is 4.35. The van der Waals surface area contributed by atoms with E-state index in [-0.39, 0.29) is 12.1 Å². The van der Waals surface area contributed by atoms with Crippen LogP contribution in [0.2, 0.25) is 5.02 Å². The van der Waals surface area contributed by atoms with Crippen LogP contribution < -0.4 is 5.32 Å². The molecule has 0 saturated heterocycles. The number of anilines is 1. The summed E-state index contributed by atoms with van der Waals surface area (Å²) in [6, 6.07) is 19.4. The molecule has 0 radical (unpaired) electrons. The molecule has 0 unspecified atom stereocenters. The number of hydrogen-bond donors (Lipinski definition) is 1. The number of aromatic nitrogens is 1. The van der Waals surface area contributed by atoms with Gasteiger partial charge in [0, 0.05) is 23.5 Å². The Balaban J connectivity index is 1.69. The van der Waals surface area contributed by atoms with Gasteiger partial charge in [-0.2, -0.15) is 0 Å². The lowest BCUT2D eigenvalue weighted by atomic mass is 10.2.